The molecule has 0 bridgehead atoms. The normalized spacial score (nSPS) is 9.95. The Morgan fingerprint density at radius 1 is 0.107 bits per heavy atom. The minimum atomic E-state index is 1.37. The third-order valence-corrected chi connectivity index (χ3v) is 15.8. The Hall–Kier alpha value is -0.520. The standard InChI is InChI=1S/8C10H22.C4H6/c8*1-3-5-7-9-10-8-6-4-2;1-3-4-2/h8*3-10H2,1-2H3;3-4H,1-2H2. The van der Waals surface area contributed by atoms with Crippen molar-refractivity contribution in [2.24, 2.45) is 0 Å². The summed E-state index contributed by atoms with van der Waals surface area (Å²) in [6.07, 6.45) is 95.0. The summed E-state index contributed by atoms with van der Waals surface area (Å²) in [5, 5.41) is 0. The van der Waals surface area contributed by atoms with Gasteiger partial charge in [0.1, 0.15) is 0 Å². The van der Waals surface area contributed by atoms with Crippen LogP contribution in [0.2, 0.25) is 0 Å². The van der Waals surface area contributed by atoms with Gasteiger partial charge in [0, 0.05) is 0 Å². The largest absolute Gasteiger partial charge is 0.0991 e. The Kier molecular flexibility index (Phi) is 156. The number of unbranched alkanes of at least 4 members (excludes halogenated alkanes) is 56. The first-order chi connectivity index (χ1) is 41.2. The summed E-state index contributed by atoms with van der Waals surface area (Å²) in [6, 6.07) is 0. The van der Waals surface area contributed by atoms with E-state index in [4.69, 9.17) is 0 Å². The lowest BCUT2D eigenvalue weighted by atomic mass is 10.1. The first kappa shape index (κ1) is 102. The quantitative estimate of drug-likeness (QED) is 0.0421. The van der Waals surface area contributed by atoms with E-state index in [1.165, 1.54) is 411 Å². The van der Waals surface area contributed by atoms with E-state index in [0.717, 1.165) is 0 Å². The molecule has 84 heavy (non-hydrogen) atoms. The zero-order chi connectivity index (χ0) is 64.7. The van der Waals surface area contributed by atoms with Crippen molar-refractivity contribution in [3.05, 3.63) is 25.3 Å². The SMILES string of the molecule is C=CC=C.CCCCCCCCCC.CCCCCCCCCC.CCCCCCCCCC.CCCCCCCCCC.CCCCCCCCCC.CCCCCCCCCC.CCCCCCCCCC.CCCCCCCCCC. The molecule has 0 aromatic carbocycles. The molecule has 0 aliphatic carbocycles. The van der Waals surface area contributed by atoms with Crippen LogP contribution in [0, 0.1) is 0 Å². The maximum absolute atomic E-state index is 3.36. The Bertz CT molecular complexity index is 592. The molecule has 0 aliphatic rings. The zero-order valence-electron chi connectivity index (χ0n) is 63.8. The molecular formula is C84H182. The van der Waals surface area contributed by atoms with Gasteiger partial charge in [-0.3, -0.25) is 0 Å². The molecule has 0 aromatic heterocycles. The molecule has 0 saturated carbocycles. The second-order valence-electron chi connectivity index (χ2n) is 25.4. The van der Waals surface area contributed by atoms with Crippen molar-refractivity contribution < 1.29 is 0 Å². The number of allylic oxidation sites excluding steroid dienone is 2. The molecule has 0 aliphatic heterocycles. The Morgan fingerprint density at radius 2 is 0.155 bits per heavy atom. The van der Waals surface area contributed by atoms with E-state index in [2.05, 4.69) is 124 Å². The van der Waals surface area contributed by atoms with Crippen molar-refractivity contribution in [2.45, 2.75) is 522 Å². The van der Waals surface area contributed by atoms with E-state index >= 15 is 0 Å². The molecular weight excluding hydrogens is 1010 g/mol. The molecule has 0 spiro atoms. The molecule has 0 aromatic rings. The smallest absolute Gasteiger partial charge is 0.0533 e. The van der Waals surface area contributed by atoms with Gasteiger partial charge in [0.2, 0.25) is 0 Å². The van der Waals surface area contributed by atoms with Crippen LogP contribution >= 0.6 is 0 Å². The summed E-state index contributed by atoms with van der Waals surface area (Å²) in [4.78, 5) is 0. The summed E-state index contributed by atoms with van der Waals surface area (Å²) in [5.41, 5.74) is 0. The van der Waals surface area contributed by atoms with Crippen LogP contribution in [-0.4, -0.2) is 0 Å². The van der Waals surface area contributed by atoms with Crippen LogP contribution in [0.5, 0.6) is 0 Å². The summed E-state index contributed by atoms with van der Waals surface area (Å²) in [5.74, 6) is 0. The van der Waals surface area contributed by atoms with Crippen LogP contribution in [0.4, 0.5) is 0 Å². The molecule has 0 heterocycles. The van der Waals surface area contributed by atoms with Crippen molar-refractivity contribution in [1.82, 2.24) is 0 Å². The molecule has 0 fully saturated rings. The second-order valence-corrected chi connectivity index (χ2v) is 25.4. The van der Waals surface area contributed by atoms with Gasteiger partial charge in [0.15, 0.2) is 0 Å². The number of rotatable bonds is 57. The summed E-state index contributed by atoms with van der Waals surface area (Å²) >= 11 is 0. The molecule has 0 radical (unpaired) electrons. The molecule has 0 saturated heterocycles. The van der Waals surface area contributed by atoms with Crippen LogP contribution < -0.4 is 0 Å². The Morgan fingerprint density at radius 3 is 0.190 bits per heavy atom. The van der Waals surface area contributed by atoms with E-state index in [1.807, 2.05) is 0 Å². The van der Waals surface area contributed by atoms with Crippen LogP contribution in [0.3, 0.4) is 0 Å². The lowest BCUT2D eigenvalue weighted by Gasteiger charge is -1.97. The van der Waals surface area contributed by atoms with Crippen molar-refractivity contribution >= 4 is 0 Å². The van der Waals surface area contributed by atoms with Crippen molar-refractivity contribution in [2.75, 3.05) is 0 Å². The van der Waals surface area contributed by atoms with Gasteiger partial charge in [-0.2, -0.15) is 0 Å². The van der Waals surface area contributed by atoms with Crippen molar-refractivity contribution in [1.29, 1.82) is 0 Å². The van der Waals surface area contributed by atoms with Gasteiger partial charge >= 0.3 is 0 Å². The van der Waals surface area contributed by atoms with Gasteiger partial charge in [0.05, 0.1) is 0 Å². The fourth-order valence-corrected chi connectivity index (χ4v) is 9.66. The molecule has 0 heteroatoms. The molecule has 0 amide bonds. The highest BCUT2D eigenvalue weighted by Crippen LogP contribution is 2.13. The monoisotopic (exact) mass is 1190 g/mol. The third kappa shape index (κ3) is 165. The fourth-order valence-electron chi connectivity index (χ4n) is 9.66. The Labute approximate surface area is 544 Å². The van der Waals surface area contributed by atoms with Crippen LogP contribution in [0.15, 0.2) is 25.3 Å². The summed E-state index contributed by atoms with van der Waals surface area (Å²) in [7, 11) is 0. The maximum atomic E-state index is 3.36. The average molecular weight is 1190 g/mol. The van der Waals surface area contributed by atoms with E-state index in [1.54, 1.807) is 12.2 Å². The van der Waals surface area contributed by atoms with Crippen LogP contribution in [0.1, 0.15) is 522 Å². The molecule has 0 atom stereocenters. The van der Waals surface area contributed by atoms with E-state index in [0.29, 0.717) is 0 Å². The lowest BCUT2D eigenvalue weighted by molar-refractivity contribution is 0.585. The van der Waals surface area contributed by atoms with E-state index in [-0.39, 0.29) is 0 Å². The van der Waals surface area contributed by atoms with Gasteiger partial charge in [-0.1, -0.05) is 547 Å². The van der Waals surface area contributed by atoms with Gasteiger partial charge in [0.25, 0.3) is 0 Å². The topological polar surface area (TPSA) is 0 Å². The number of hydrogen-bond donors (Lipinski definition) is 0. The molecule has 0 N–H and O–H groups in total. The highest BCUT2D eigenvalue weighted by Gasteiger charge is 1.93. The first-order valence-corrected chi connectivity index (χ1v) is 40.5. The third-order valence-electron chi connectivity index (χ3n) is 15.8. The average Bonchev–Trinajstić information content (AvgIpc) is 3.51. The summed E-state index contributed by atoms with van der Waals surface area (Å²) in [6.45, 7) is 43.0. The first-order valence-electron chi connectivity index (χ1n) is 40.5. The predicted molar refractivity (Wildman–Crippen MR) is 407 cm³/mol. The summed E-state index contributed by atoms with van der Waals surface area (Å²) < 4.78 is 0. The van der Waals surface area contributed by atoms with Crippen molar-refractivity contribution in [3.63, 3.8) is 0 Å². The lowest BCUT2D eigenvalue weighted by Crippen LogP contribution is -1.77. The number of hydrogen-bond acceptors (Lipinski definition) is 0. The van der Waals surface area contributed by atoms with Crippen LogP contribution in [-0.2, 0) is 0 Å². The predicted octanol–water partition coefficient (Wildman–Crippen LogP) is 34.5. The highest BCUT2D eigenvalue weighted by molar-refractivity contribution is 4.88. The zero-order valence-corrected chi connectivity index (χ0v) is 63.8. The van der Waals surface area contributed by atoms with Gasteiger partial charge in [-0.15, -0.1) is 0 Å². The highest BCUT2D eigenvalue weighted by atomic mass is 14.0. The fraction of sp³-hybridized carbons (Fsp3) is 0.952. The van der Waals surface area contributed by atoms with Crippen LogP contribution in [0.25, 0.3) is 0 Å². The van der Waals surface area contributed by atoms with E-state index < -0.39 is 0 Å². The van der Waals surface area contributed by atoms with Gasteiger partial charge in [-0.05, 0) is 0 Å². The molecule has 0 nitrogen and oxygen atoms in total. The molecule has 0 rings (SSSR count). The minimum absolute atomic E-state index is 1.37. The Balaban J connectivity index is -0.000000108. The minimum Gasteiger partial charge on any atom is -0.0991 e. The molecule has 0 unspecified atom stereocenters. The van der Waals surface area contributed by atoms with Crippen molar-refractivity contribution in [3.8, 4) is 0 Å². The van der Waals surface area contributed by atoms with E-state index in [9.17, 15) is 0 Å². The second kappa shape index (κ2) is 128. The molecule has 518 valence electrons. The maximum Gasteiger partial charge on any atom is -0.0533 e. The van der Waals surface area contributed by atoms with Gasteiger partial charge in [-0.25, -0.2) is 0 Å². The van der Waals surface area contributed by atoms with Gasteiger partial charge < -0.3 is 0 Å².